The summed E-state index contributed by atoms with van der Waals surface area (Å²) in [6, 6.07) is 4.92. The Balaban J connectivity index is 1.77. The monoisotopic (exact) mass is 503 g/mol. The molecule has 0 saturated heterocycles. The smallest absolute Gasteiger partial charge is 0.329 e. The van der Waals surface area contributed by atoms with Crippen LogP contribution in [0.2, 0.25) is 20.1 Å². The zero-order valence-corrected chi connectivity index (χ0v) is 19.0. The number of benzene rings is 2. The van der Waals surface area contributed by atoms with Gasteiger partial charge < -0.3 is 9.47 Å². The summed E-state index contributed by atoms with van der Waals surface area (Å²) in [6.45, 7) is 0.670. The fraction of sp³-hybridized carbons (Fsp3) is 0.200. The van der Waals surface area contributed by atoms with E-state index in [1.165, 1.54) is 26.2 Å². The van der Waals surface area contributed by atoms with E-state index >= 15 is 0 Å². The average molecular weight is 505 g/mol. The quantitative estimate of drug-likeness (QED) is 0.186. The fourth-order valence-corrected chi connectivity index (χ4v) is 3.98. The predicted molar refractivity (Wildman–Crippen MR) is 115 cm³/mol. The molecule has 2 amide bonds. The van der Waals surface area contributed by atoms with Crippen LogP contribution in [0.1, 0.15) is 38.0 Å². The molecule has 0 saturated carbocycles. The van der Waals surface area contributed by atoms with Gasteiger partial charge in [-0.05, 0) is 19.1 Å². The molecule has 11 heteroatoms. The van der Waals surface area contributed by atoms with Gasteiger partial charge in [-0.25, -0.2) is 4.79 Å². The Bertz CT molecular complexity index is 1090. The van der Waals surface area contributed by atoms with Crippen LogP contribution in [0.25, 0.3) is 0 Å². The first-order valence-electron chi connectivity index (χ1n) is 8.67. The van der Waals surface area contributed by atoms with Gasteiger partial charge in [0.2, 0.25) is 0 Å². The number of ketones is 1. The number of fused-ring (bicyclic) bond motifs is 1. The van der Waals surface area contributed by atoms with E-state index in [-0.39, 0.29) is 36.8 Å². The Hall–Kier alpha value is -2.32. The first-order valence-corrected chi connectivity index (χ1v) is 10.2. The molecule has 2 aromatic rings. The molecule has 3 rings (SSSR count). The lowest BCUT2D eigenvalue weighted by atomic mass is 10.1. The molecule has 0 fully saturated rings. The molecule has 1 unspecified atom stereocenters. The summed E-state index contributed by atoms with van der Waals surface area (Å²) in [4.78, 5) is 51.0. The van der Waals surface area contributed by atoms with Crippen LogP contribution in [-0.2, 0) is 9.53 Å². The largest absolute Gasteiger partial charge is 0.497 e. The molecule has 0 spiro atoms. The molecule has 7 nitrogen and oxygen atoms in total. The zero-order valence-electron chi connectivity index (χ0n) is 16.0. The summed E-state index contributed by atoms with van der Waals surface area (Å²) in [5.74, 6) is -2.77. The lowest BCUT2D eigenvalue weighted by Gasteiger charge is -2.20. The molecule has 1 aliphatic heterocycles. The molecule has 31 heavy (non-hydrogen) atoms. The van der Waals surface area contributed by atoms with E-state index in [4.69, 9.17) is 55.9 Å². The van der Waals surface area contributed by atoms with Gasteiger partial charge in [-0.1, -0.05) is 58.5 Å². The van der Waals surface area contributed by atoms with Crippen molar-refractivity contribution in [2.45, 2.75) is 13.0 Å². The number of imide groups is 1. The van der Waals surface area contributed by atoms with Crippen molar-refractivity contribution in [3.63, 3.8) is 0 Å². The van der Waals surface area contributed by atoms with Crippen LogP contribution in [-0.4, -0.2) is 48.2 Å². The number of carbonyl (C=O) groups is 4. The van der Waals surface area contributed by atoms with Crippen molar-refractivity contribution in [3.05, 3.63) is 61.0 Å². The second-order valence-electron chi connectivity index (χ2n) is 6.43. The lowest BCUT2D eigenvalue weighted by molar-refractivity contribution is -0.146. The maximum absolute atomic E-state index is 12.8. The normalized spacial score (nSPS) is 13.8. The van der Waals surface area contributed by atoms with Crippen molar-refractivity contribution in [1.29, 1.82) is 0 Å². The number of rotatable bonds is 6. The number of ether oxygens (including phenoxy) is 2. The van der Waals surface area contributed by atoms with Crippen LogP contribution >= 0.6 is 46.4 Å². The predicted octanol–water partition coefficient (Wildman–Crippen LogP) is 4.72. The van der Waals surface area contributed by atoms with Gasteiger partial charge in [-0.3, -0.25) is 19.3 Å². The second kappa shape index (κ2) is 9.04. The molecule has 162 valence electrons. The topological polar surface area (TPSA) is 90.0 Å². The Morgan fingerprint density at radius 3 is 2.03 bits per heavy atom. The highest BCUT2D eigenvalue weighted by atomic mass is 35.5. The summed E-state index contributed by atoms with van der Waals surface area (Å²) in [7, 11) is 1.45. The van der Waals surface area contributed by atoms with Crippen molar-refractivity contribution >= 4 is 70.0 Å². The van der Waals surface area contributed by atoms with Crippen LogP contribution < -0.4 is 4.74 Å². The van der Waals surface area contributed by atoms with Crippen LogP contribution in [0.3, 0.4) is 0 Å². The van der Waals surface area contributed by atoms with Crippen molar-refractivity contribution in [2.75, 3.05) is 13.7 Å². The van der Waals surface area contributed by atoms with Crippen LogP contribution in [0, 0.1) is 0 Å². The van der Waals surface area contributed by atoms with Gasteiger partial charge in [0.05, 0.1) is 38.3 Å². The van der Waals surface area contributed by atoms with E-state index in [1.54, 1.807) is 12.1 Å². The van der Waals surface area contributed by atoms with Crippen molar-refractivity contribution in [2.24, 2.45) is 0 Å². The minimum absolute atomic E-state index is 0.186. The number of hydrogen-bond acceptors (Lipinski definition) is 6. The number of carbonyl (C=O) groups excluding carboxylic acids is 4. The summed E-state index contributed by atoms with van der Waals surface area (Å²) in [5.41, 5.74) is -0.236. The van der Waals surface area contributed by atoms with Crippen LogP contribution in [0.15, 0.2) is 24.3 Å². The lowest BCUT2D eigenvalue weighted by Crippen LogP contribution is -2.44. The highest BCUT2D eigenvalue weighted by Gasteiger charge is 2.45. The van der Waals surface area contributed by atoms with E-state index in [1.807, 2.05) is 0 Å². The highest BCUT2D eigenvalue weighted by molar-refractivity contribution is 6.55. The number of hydrogen-bond donors (Lipinski definition) is 0. The van der Waals surface area contributed by atoms with E-state index in [9.17, 15) is 19.2 Å². The summed E-state index contributed by atoms with van der Waals surface area (Å²) >= 11 is 24.1. The Labute approximate surface area is 196 Å². The first kappa shape index (κ1) is 23.3. The number of halogens is 4. The Kier molecular flexibility index (Phi) is 6.81. The maximum atomic E-state index is 12.8. The molecule has 0 aliphatic carbocycles. The molecule has 0 N–H and O–H groups in total. The summed E-state index contributed by atoms with van der Waals surface area (Å²) in [5, 5.41) is -0.871. The molecule has 1 heterocycles. The van der Waals surface area contributed by atoms with Gasteiger partial charge in [0.1, 0.15) is 11.8 Å². The van der Waals surface area contributed by atoms with Crippen LogP contribution in [0.4, 0.5) is 0 Å². The van der Waals surface area contributed by atoms with Gasteiger partial charge in [-0.15, -0.1) is 0 Å². The van der Waals surface area contributed by atoms with Gasteiger partial charge >= 0.3 is 5.97 Å². The van der Waals surface area contributed by atoms with Gasteiger partial charge in [0.25, 0.3) is 11.8 Å². The first-order chi connectivity index (χ1) is 14.6. The molecular formula is C20H13Cl4NO6. The minimum atomic E-state index is -1.37. The number of methoxy groups -OCH3 is 1. The van der Waals surface area contributed by atoms with Gasteiger partial charge in [0, 0.05) is 5.56 Å². The average Bonchev–Trinajstić information content (AvgIpc) is 3.03. The van der Waals surface area contributed by atoms with Crippen LogP contribution in [0.5, 0.6) is 5.75 Å². The van der Waals surface area contributed by atoms with Crippen molar-refractivity contribution in [1.82, 2.24) is 4.90 Å². The number of Topliss-reactive ketones (excluding diaryl/α,β-unsaturated/α-hetero) is 1. The molecular weight excluding hydrogens is 492 g/mol. The van der Waals surface area contributed by atoms with Crippen molar-refractivity contribution < 1.29 is 28.7 Å². The molecule has 2 aromatic carbocycles. The molecule has 0 radical (unpaired) electrons. The third kappa shape index (κ3) is 4.11. The number of amides is 2. The Morgan fingerprint density at radius 1 is 0.968 bits per heavy atom. The third-order valence-corrected chi connectivity index (χ3v) is 6.40. The van der Waals surface area contributed by atoms with Gasteiger partial charge in [-0.2, -0.15) is 0 Å². The zero-order chi connectivity index (χ0) is 23.0. The summed E-state index contributed by atoms with van der Waals surface area (Å²) in [6.07, 6.45) is 0. The SMILES string of the molecule is COc1cccc(C(=O)COC(=O)C(C)N2C(=O)c3c(Cl)c(Cl)c(Cl)c(Cl)c3C2=O)c1. The number of nitrogens with zero attached hydrogens (tertiary/aromatic N) is 1. The molecule has 1 atom stereocenters. The van der Waals surface area contributed by atoms with E-state index in [2.05, 4.69) is 0 Å². The van der Waals surface area contributed by atoms with E-state index in [0.717, 1.165) is 0 Å². The molecule has 0 aromatic heterocycles. The standard InChI is InChI=1S/C20H13Cl4NO6/c1-8(20(29)31-7-11(26)9-4-3-5-10(6-9)30-2)25-18(27)12-13(19(25)28)15(22)17(24)16(23)14(12)21/h3-6,8H,7H2,1-2H3. The third-order valence-electron chi connectivity index (χ3n) is 4.60. The van der Waals surface area contributed by atoms with Gasteiger partial charge in [0.15, 0.2) is 12.4 Å². The Morgan fingerprint density at radius 2 is 1.52 bits per heavy atom. The molecule has 0 bridgehead atoms. The minimum Gasteiger partial charge on any atom is -0.497 e. The second-order valence-corrected chi connectivity index (χ2v) is 7.94. The van der Waals surface area contributed by atoms with E-state index < -0.39 is 36.2 Å². The van der Waals surface area contributed by atoms with E-state index in [0.29, 0.717) is 10.6 Å². The number of esters is 1. The van der Waals surface area contributed by atoms with Crippen molar-refractivity contribution in [3.8, 4) is 5.75 Å². The fourth-order valence-electron chi connectivity index (χ4n) is 2.96. The molecule has 1 aliphatic rings. The maximum Gasteiger partial charge on any atom is 0.329 e. The highest BCUT2D eigenvalue weighted by Crippen LogP contribution is 2.45. The summed E-state index contributed by atoms with van der Waals surface area (Å²) < 4.78 is 10.1.